The van der Waals surface area contributed by atoms with Gasteiger partial charge in [-0.3, -0.25) is 9.48 Å². The van der Waals surface area contributed by atoms with E-state index >= 15 is 0 Å². The number of carbonyl (C=O) groups is 1. The van der Waals surface area contributed by atoms with Crippen LogP contribution in [0.5, 0.6) is 0 Å². The lowest BCUT2D eigenvalue weighted by Gasteiger charge is -2.15. The first-order chi connectivity index (χ1) is 9.86. The van der Waals surface area contributed by atoms with Crippen molar-refractivity contribution in [3.8, 4) is 0 Å². The normalized spacial score (nSPS) is 12.2. The average molecular weight is 306 g/mol. The number of anilines is 1. The predicted molar refractivity (Wildman–Crippen MR) is 85.7 cm³/mol. The third-order valence-electron chi connectivity index (χ3n) is 3.46. The van der Waals surface area contributed by atoms with Gasteiger partial charge < -0.3 is 5.32 Å². The second kappa shape index (κ2) is 6.31. The molecule has 0 radical (unpaired) electrons. The molecule has 2 rings (SSSR count). The van der Waals surface area contributed by atoms with E-state index in [1.165, 1.54) is 0 Å². The maximum atomic E-state index is 12.3. The number of aryl methyl sites for hydroxylation is 3. The highest BCUT2D eigenvalue weighted by Gasteiger charge is 2.16. The Hall–Kier alpha value is -1.81. The van der Waals surface area contributed by atoms with Crippen LogP contribution >= 0.6 is 11.6 Å². The Bertz CT molecular complexity index is 664. The zero-order valence-corrected chi connectivity index (χ0v) is 13.5. The number of benzene rings is 1. The van der Waals surface area contributed by atoms with E-state index < -0.39 is 0 Å². The Balaban J connectivity index is 2.06. The molecule has 2 aromatic rings. The number of nitrogens with zero attached hydrogens (tertiary/aromatic N) is 2. The fourth-order valence-corrected chi connectivity index (χ4v) is 2.36. The molecule has 5 heteroatoms. The minimum absolute atomic E-state index is 0.0343. The number of halogens is 1. The van der Waals surface area contributed by atoms with Gasteiger partial charge in [-0.15, -0.1) is 0 Å². The number of nitrogens with one attached hydrogen (secondary N) is 1. The van der Waals surface area contributed by atoms with Crippen LogP contribution in [0.1, 0.15) is 23.9 Å². The first kappa shape index (κ1) is 15.6. The van der Waals surface area contributed by atoms with Gasteiger partial charge in [-0.1, -0.05) is 24.6 Å². The first-order valence-corrected chi connectivity index (χ1v) is 7.32. The summed E-state index contributed by atoms with van der Waals surface area (Å²) in [6, 6.07) is 7.48. The second-order valence-corrected chi connectivity index (χ2v) is 5.90. The highest BCUT2D eigenvalue weighted by atomic mass is 35.5. The van der Waals surface area contributed by atoms with E-state index in [1.54, 1.807) is 6.07 Å². The van der Waals surface area contributed by atoms with Crippen LogP contribution in [0.2, 0.25) is 5.02 Å². The van der Waals surface area contributed by atoms with Crippen LogP contribution in [0.3, 0.4) is 0 Å². The third-order valence-corrected chi connectivity index (χ3v) is 3.69. The Kier molecular flexibility index (Phi) is 4.68. The monoisotopic (exact) mass is 305 g/mol. The fourth-order valence-electron chi connectivity index (χ4n) is 2.19. The lowest BCUT2D eigenvalue weighted by molar-refractivity contribution is -0.119. The molecule has 1 aromatic heterocycles. The maximum Gasteiger partial charge on any atom is 0.229 e. The summed E-state index contributed by atoms with van der Waals surface area (Å²) in [7, 11) is 0. The van der Waals surface area contributed by atoms with Crippen molar-refractivity contribution in [2.75, 3.05) is 5.32 Å². The SMILES string of the molecule is Cc1cc(C)n(CC(C)C(=O)Nc2cc(Cl)ccc2C)n1. The topological polar surface area (TPSA) is 46.9 Å². The minimum Gasteiger partial charge on any atom is -0.326 e. The summed E-state index contributed by atoms with van der Waals surface area (Å²) in [5.41, 5.74) is 3.77. The van der Waals surface area contributed by atoms with Crippen molar-refractivity contribution in [2.24, 2.45) is 5.92 Å². The minimum atomic E-state index is -0.179. The van der Waals surface area contributed by atoms with Crippen LogP contribution in [0, 0.1) is 26.7 Å². The highest BCUT2D eigenvalue weighted by molar-refractivity contribution is 6.31. The standard InChI is InChI=1S/C16H20ClN3O/c1-10-5-6-14(17)8-15(10)18-16(21)11(2)9-20-13(4)7-12(3)19-20/h5-8,11H,9H2,1-4H3,(H,18,21). The number of aromatic nitrogens is 2. The van der Waals surface area contributed by atoms with Crippen LogP contribution < -0.4 is 5.32 Å². The Morgan fingerprint density at radius 3 is 2.67 bits per heavy atom. The van der Waals surface area contributed by atoms with Gasteiger partial charge in [0.2, 0.25) is 5.91 Å². The van der Waals surface area contributed by atoms with Gasteiger partial charge in [-0.05, 0) is 44.5 Å². The zero-order valence-electron chi connectivity index (χ0n) is 12.8. The van der Waals surface area contributed by atoms with Crippen LogP contribution in [0.25, 0.3) is 0 Å². The van der Waals surface area contributed by atoms with E-state index in [4.69, 9.17) is 11.6 Å². The number of amides is 1. The Morgan fingerprint density at radius 1 is 1.33 bits per heavy atom. The van der Waals surface area contributed by atoms with Crippen molar-refractivity contribution in [3.05, 3.63) is 46.2 Å². The summed E-state index contributed by atoms with van der Waals surface area (Å²) in [4.78, 5) is 12.3. The molecule has 0 aliphatic rings. The molecule has 0 aliphatic heterocycles. The smallest absolute Gasteiger partial charge is 0.229 e. The summed E-state index contributed by atoms with van der Waals surface area (Å²) in [6.07, 6.45) is 0. The van der Waals surface area contributed by atoms with E-state index in [-0.39, 0.29) is 11.8 Å². The summed E-state index contributed by atoms with van der Waals surface area (Å²) < 4.78 is 1.87. The molecule has 1 atom stereocenters. The molecular formula is C16H20ClN3O. The lowest BCUT2D eigenvalue weighted by atomic mass is 10.1. The summed E-state index contributed by atoms with van der Waals surface area (Å²) in [5, 5.41) is 7.93. The number of hydrogen-bond donors (Lipinski definition) is 1. The number of rotatable bonds is 4. The van der Waals surface area contributed by atoms with Crippen LogP contribution in [-0.2, 0) is 11.3 Å². The van der Waals surface area contributed by atoms with Crippen LogP contribution in [0.4, 0.5) is 5.69 Å². The molecule has 0 saturated heterocycles. The molecular weight excluding hydrogens is 286 g/mol. The largest absolute Gasteiger partial charge is 0.326 e. The number of carbonyl (C=O) groups excluding carboxylic acids is 1. The molecule has 0 fully saturated rings. The summed E-state index contributed by atoms with van der Waals surface area (Å²) >= 11 is 5.97. The van der Waals surface area contributed by atoms with E-state index in [0.717, 1.165) is 22.6 Å². The van der Waals surface area contributed by atoms with Crippen LogP contribution in [-0.4, -0.2) is 15.7 Å². The van der Waals surface area contributed by atoms with Crippen molar-refractivity contribution in [1.29, 1.82) is 0 Å². The summed E-state index contributed by atoms with van der Waals surface area (Å²) in [5.74, 6) is -0.214. The Labute approximate surface area is 130 Å². The molecule has 1 amide bonds. The van der Waals surface area contributed by atoms with Crippen molar-refractivity contribution in [2.45, 2.75) is 34.2 Å². The van der Waals surface area contributed by atoms with Gasteiger partial charge in [0.05, 0.1) is 18.2 Å². The third kappa shape index (κ3) is 3.85. The van der Waals surface area contributed by atoms with E-state index in [0.29, 0.717) is 11.6 Å². The molecule has 0 aliphatic carbocycles. The van der Waals surface area contributed by atoms with Gasteiger partial charge in [0.15, 0.2) is 0 Å². The van der Waals surface area contributed by atoms with Crippen molar-refractivity contribution >= 4 is 23.2 Å². The first-order valence-electron chi connectivity index (χ1n) is 6.95. The molecule has 1 aromatic carbocycles. The second-order valence-electron chi connectivity index (χ2n) is 5.46. The average Bonchev–Trinajstić information content (AvgIpc) is 2.72. The van der Waals surface area contributed by atoms with Crippen molar-refractivity contribution < 1.29 is 4.79 Å². The van der Waals surface area contributed by atoms with E-state index in [9.17, 15) is 4.79 Å². The Morgan fingerprint density at radius 2 is 2.05 bits per heavy atom. The van der Waals surface area contributed by atoms with Gasteiger partial charge >= 0.3 is 0 Å². The molecule has 0 saturated carbocycles. The highest BCUT2D eigenvalue weighted by Crippen LogP contribution is 2.21. The molecule has 0 bridgehead atoms. The molecule has 1 heterocycles. The van der Waals surface area contributed by atoms with Crippen molar-refractivity contribution in [1.82, 2.24) is 9.78 Å². The van der Waals surface area contributed by atoms with Gasteiger partial charge in [0.25, 0.3) is 0 Å². The number of hydrogen-bond acceptors (Lipinski definition) is 2. The molecule has 1 unspecified atom stereocenters. The van der Waals surface area contributed by atoms with Gasteiger partial charge in [-0.25, -0.2) is 0 Å². The van der Waals surface area contributed by atoms with E-state index in [2.05, 4.69) is 10.4 Å². The quantitative estimate of drug-likeness (QED) is 0.935. The van der Waals surface area contributed by atoms with Gasteiger partial charge in [0, 0.05) is 16.4 Å². The molecule has 1 N–H and O–H groups in total. The van der Waals surface area contributed by atoms with Crippen molar-refractivity contribution in [3.63, 3.8) is 0 Å². The molecule has 21 heavy (non-hydrogen) atoms. The molecule has 0 spiro atoms. The van der Waals surface area contributed by atoms with Crippen LogP contribution in [0.15, 0.2) is 24.3 Å². The van der Waals surface area contributed by atoms with Gasteiger partial charge in [0.1, 0.15) is 0 Å². The predicted octanol–water partition coefficient (Wildman–Crippen LogP) is 3.74. The van der Waals surface area contributed by atoms with E-state index in [1.807, 2.05) is 50.6 Å². The lowest BCUT2D eigenvalue weighted by Crippen LogP contribution is -2.25. The fraction of sp³-hybridized carbons (Fsp3) is 0.375. The molecule has 4 nitrogen and oxygen atoms in total. The molecule has 112 valence electrons. The maximum absolute atomic E-state index is 12.3. The summed E-state index contributed by atoms with van der Waals surface area (Å²) in [6.45, 7) is 8.34. The zero-order chi connectivity index (χ0) is 15.6. The van der Waals surface area contributed by atoms with Gasteiger partial charge in [-0.2, -0.15) is 5.10 Å².